The van der Waals surface area contributed by atoms with Gasteiger partial charge in [-0.2, -0.15) is 0 Å². The van der Waals surface area contributed by atoms with Crippen LogP contribution in [0.15, 0.2) is 23.1 Å². The summed E-state index contributed by atoms with van der Waals surface area (Å²) in [4.78, 5) is 26.5. The van der Waals surface area contributed by atoms with Gasteiger partial charge in [0.05, 0.1) is 29.7 Å². The molecule has 150 valence electrons. The first-order valence-electron chi connectivity index (χ1n) is 9.84. The lowest BCUT2D eigenvalue weighted by Crippen LogP contribution is -2.34. The normalized spacial score (nSPS) is 22.5. The van der Waals surface area contributed by atoms with E-state index < -0.39 is 23.6 Å². The van der Waals surface area contributed by atoms with Gasteiger partial charge in [-0.25, -0.2) is 9.18 Å². The van der Waals surface area contributed by atoms with Gasteiger partial charge >= 0.3 is 5.97 Å². The molecular weight excluding hydrogens is 363 g/mol. The van der Waals surface area contributed by atoms with E-state index in [1.807, 2.05) is 6.07 Å². The van der Waals surface area contributed by atoms with Gasteiger partial charge in [0, 0.05) is 25.7 Å². The summed E-state index contributed by atoms with van der Waals surface area (Å²) in [5, 5.41) is 9.66. The Hall–Kier alpha value is -2.57. The maximum atomic E-state index is 13.9. The van der Waals surface area contributed by atoms with Crippen molar-refractivity contribution >= 4 is 22.6 Å². The van der Waals surface area contributed by atoms with Crippen LogP contribution in [-0.4, -0.2) is 42.0 Å². The van der Waals surface area contributed by atoms with Crippen LogP contribution in [0, 0.1) is 5.92 Å². The molecule has 1 saturated heterocycles. The van der Waals surface area contributed by atoms with Crippen molar-refractivity contribution in [3.63, 3.8) is 0 Å². The highest BCUT2D eigenvalue weighted by Crippen LogP contribution is 2.44. The summed E-state index contributed by atoms with van der Waals surface area (Å²) in [5.74, 6) is -0.0697. The zero-order valence-corrected chi connectivity index (χ0v) is 16.2. The molecule has 7 heteroatoms. The van der Waals surface area contributed by atoms with E-state index in [0.717, 1.165) is 37.5 Å². The SMILES string of the molecule is CCC1CCN(c2ccc3c(=O)c(C(=O)O)cn(C4CC4F)c3c2OC)CC1. The third-order valence-corrected chi connectivity index (χ3v) is 6.13. The predicted molar refractivity (Wildman–Crippen MR) is 105 cm³/mol. The number of pyridine rings is 1. The summed E-state index contributed by atoms with van der Waals surface area (Å²) in [5.41, 5.74) is 0.448. The lowest BCUT2D eigenvalue weighted by molar-refractivity contribution is 0.0694. The van der Waals surface area contributed by atoms with Gasteiger partial charge in [0.2, 0.25) is 5.43 Å². The fourth-order valence-corrected chi connectivity index (χ4v) is 4.29. The molecule has 2 aliphatic rings. The number of carbonyl (C=O) groups is 1. The molecule has 4 rings (SSSR count). The first-order chi connectivity index (χ1) is 13.5. The number of ether oxygens (including phenoxy) is 1. The van der Waals surface area contributed by atoms with Gasteiger partial charge < -0.3 is 19.3 Å². The molecule has 1 aliphatic heterocycles. The number of carboxylic acids is 1. The Kier molecular flexibility index (Phi) is 4.77. The smallest absolute Gasteiger partial charge is 0.341 e. The monoisotopic (exact) mass is 388 g/mol. The number of fused-ring (bicyclic) bond motifs is 1. The van der Waals surface area contributed by atoms with E-state index >= 15 is 0 Å². The lowest BCUT2D eigenvalue weighted by Gasteiger charge is -2.34. The maximum absolute atomic E-state index is 13.9. The van der Waals surface area contributed by atoms with E-state index in [9.17, 15) is 19.1 Å². The molecule has 0 radical (unpaired) electrons. The number of benzene rings is 1. The van der Waals surface area contributed by atoms with Crippen LogP contribution in [0.1, 0.15) is 49.0 Å². The van der Waals surface area contributed by atoms with Crippen LogP contribution in [0.5, 0.6) is 5.75 Å². The van der Waals surface area contributed by atoms with Crippen LogP contribution in [0.25, 0.3) is 10.9 Å². The quantitative estimate of drug-likeness (QED) is 0.847. The molecule has 1 N–H and O–H groups in total. The minimum atomic E-state index is -1.30. The number of hydrogen-bond donors (Lipinski definition) is 1. The summed E-state index contributed by atoms with van der Waals surface area (Å²) < 4.78 is 21.2. The number of anilines is 1. The third kappa shape index (κ3) is 3.02. The number of methoxy groups -OCH3 is 1. The van der Waals surface area contributed by atoms with Gasteiger partial charge in [-0.1, -0.05) is 13.3 Å². The van der Waals surface area contributed by atoms with Crippen molar-refractivity contribution < 1.29 is 19.0 Å². The fraction of sp³-hybridized carbons (Fsp3) is 0.524. The molecule has 2 aromatic rings. The van der Waals surface area contributed by atoms with Crippen LogP contribution in [-0.2, 0) is 0 Å². The molecule has 2 unspecified atom stereocenters. The zero-order chi connectivity index (χ0) is 20.0. The second kappa shape index (κ2) is 7.11. The van der Waals surface area contributed by atoms with E-state index in [4.69, 9.17) is 4.74 Å². The predicted octanol–water partition coefficient (Wildman–Crippen LogP) is 3.62. The van der Waals surface area contributed by atoms with Crippen molar-refractivity contribution in [2.24, 2.45) is 5.92 Å². The van der Waals surface area contributed by atoms with Crippen molar-refractivity contribution in [3.05, 3.63) is 34.1 Å². The van der Waals surface area contributed by atoms with Crippen molar-refractivity contribution in [2.45, 2.75) is 44.8 Å². The number of aromatic carboxylic acids is 1. The van der Waals surface area contributed by atoms with E-state index in [2.05, 4.69) is 11.8 Å². The number of carboxylic acid groups (broad SMARTS) is 1. The van der Waals surface area contributed by atoms with Crippen LogP contribution < -0.4 is 15.1 Å². The third-order valence-electron chi connectivity index (χ3n) is 6.13. The first-order valence-corrected chi connectivity index (χ1v) is 9.84. The van der Waals surface area contributed by atoms with Crippen LogP contribution in [0.2, 0.25) is 0 Å². The Labute approximate surface area is 162 Å². The number of rotatable bonds is 5. The highest BCUT2D eigenvalue weighted by molar-refractivity contribution is 5.97. The van der Waals surface area contributed by atoms with Gasteiger partial charge in [0.1, 0.15) is 11.7 Å². The van der Waals surface area contributed by atoms with Gasteiger partial charge in [-0.3, -0.25) is 4.79 Å². The molecule has 0 spiro atoms. The Balaban J connectivity index is 1.90. The molecule has 28 heavy (non-hydrogen) atoms. The molecule has 1 aliphatic carbocycles. The van der Waals surface area contributed by atoms with E-state index in [1.165, 1.54) is 19.7 Å². The lowest BCUT2D eigenvalue weighted by atomic mass is 9.94. The molecule has 0 bridgehead atoms. The zero-order valence-electron chi connectivity index (χ0n) is 16.2. The minimum Gasteiger partial charge on any atom is -0.492 e. The van der Waals surface area contributed by atoms with E-state index in [0.29, 0.717) is 17.7 Å². The number of hydrogen-bond acceptors (Lipinski definition) is 4. The summed E-state index contributed by atoms with van der Waals surface area (Å²) in [6.45, 7) is 4.00. The van der Waals surface area contributed by atoms with Gasteiger partial charge in [0.15, 0.2) is 5.75 Å². The second-order valence-electron chi connectivity index (χ2n) is 7.76. The van der Waals surface area contributed by atoms with Crippen LogP contribution in [0.3, 0.4) is 0 Å². The second-order valence-corrected chi connectivity index (χ2v) is 7.76. The van der Waals surface area contributed by atoms with E-state index in [1.54, 1.807) is 10.6 Å². The van der Waals surface area contributed by atoms with Crippen molar-refractivity contribution in [2.75, 3.05) is 25.1 Å². The molecule has 2 heterocycles. The average molecular weight is 388 g/mol. The Morgan fingerprint density at radius 1 is 1.32 bits per heavy atom. The molecule has 2 atom stereocenters. The average Bonchev–Trinajstić information content (AvgIpc) is 3.43. The molecule has 6 nitrogen and oxygen atoms in total. The fourth-order valence-electron chi connectivity index (χ4n) is 4.29. The maximum Gasteiger partial charge on any atom is 0.341 e. The Bertz CT molecular complexity index is 979. The van der Waals surface area contributed by atoms with Crippen molar-refractivity contribution in [1.82, 2.24) is 4.57 Å². The van der Waals surface area contributed by atoms with Gasteiger partial charge in [-0.05, 0) is 30.9 Å². The topological polar surface area (TPSA) is 71.8 Å². The van der Waals surface area contributed by atoms with Crippen LogP contribution >= 0.6 is 0 Å². The van der Waals surface area contributed by atoms with E-state index in [-0.39, 0.29) is 10.9 Å². The first kappa shape index (κ1) is 18.8. The molecule has 1 aromatic carbocycles. The number of halogens is 1. The summed E-state index contributed by atoms with van der Waals surface area (Å²) in [6, 6.07) is 3.01. The van der Waals surface area contributed by atoms with Gasteiger partial charge in [-0.15, -0.1) is 0 Å². The minimum absolute atomic E-state index is 0.253. The molecule has 1 aromatic heterocycles. The summed E-state index contributed by atoms with van der Waals surface area (Å²) in [7, 11) is 1.54. The number of nitrogens with zero attached hydrogens (tertiary/aromatic N) is 2. The summed E-state index contributed by atoms with van der Waals surface area (Å²) in [6.07, 6.45) is 3.90. The highest BCUT2D eigenvalue weighted by atomic mass is 19.1. The highest BCUT2D eigenvalue weighted by Gasteiger charge is 2.41. The Morgan fingerprint density at radius 2 is 2.00 bits per heavy atom. The Morgan fingerprint density at radius 3 is 2.54 bits per heavy atom. The molecule has 1 saturated carbocycles. The number of aromatic nitrogens is 1. The van der Waals surface area contributed by atoms with Crippen molar-refractivity contribution in [1.29, 1.82) is 0 Å². The van der Waals surface area contributed by atoms with Crippen molar-refractivity contribution in [3.8, 4) is 5.75 Å². The standard InChI is InChI=1S/C21H25FN2O4/c1-3-12-6-8-23(9-7-12)16-5-4-13-18(20(16)28-2)24(17-10-15(17)22)11-14(19(13)25)21(26)27/h4-5,11-12,15,17H,3,6-10H2,1-2H3,(H,26,27). The van der Waals surface area contributed by atoms with Gasteiger partial charge in [0.25, 0.3) is 0 Å². The largest absolute Gasteiger partial charge is 0.492 e. The molecular formula is C21H25FN2O4. The van der Waals surface area contributed by atoms with Crippen LogP contribution in [0.4, 0.5) is 10.1 Å². The molecule has 2 fully saturated rings. The summed E-state index contributed by atoms with van der Waals surface area (Å²) >= 11 is 0. The number of alkyl halides is 1. The molecule has 0 amide bonds. The number of piperidine rings is 1.